The number of ether oxygens (including phenoxy) is 2. The summed E-state index contributed by atoms with van der Waals surface area (Å²) in [5.41, 5.74) is 0.348. The zero-order valence-corrected chi connectivity index (χ0v) is 13.2. The second-order valence-electron chi connectivity index (χ2n) is 5.38. The molecule has 0 aromatic rings. The largest absolute Gasteiger partial charge is 0.748 e. The van der Waals surface area contributed by atoms with Crippen molar-refractivity contribution in [2.75, 3.05) is 51.8 Å². The van der Waals surface area contributed by atoms with Crippen LogP contribution in [0.2, 0.25) is 0 Å². The number of nitrogens with zero attached hydrogens (tertiary/aromatic N) is 1. The van der Waals surface area contributed by atoms with Gasteiger partial charge in [0.05, 0.1) is 29.9 Å². The van der Waals surface area contributed by atoms with Crippen LogP contribution in [0.3, 0.4) is 0 Å². The molecule has 0 aromatic heterocycles. The minimum absolute atomic E-state index is 0.246. The Balaban J connectivity index is 2.49. The summed E-state index contributed by atoms with van der Waals surface area (Å²) in [5.74, 6) is -0.789. The maximum absolute atomic E-state index is 11.4. The van der Waals surface area contributed by atoms with Crippen LogP contribution in [0.1, 0.15) is 13.3 Å². The fourth-order valence-electron chi connectivity index (χ4n) is 2.32. The average molecular weight is 321 g/mol. The number of rotatable bonds is 8. The molecular weight excluding hydrogens is 298 g/mol. The number of morpholine rings is 1. The van der Waals surface area contributed by atoms with Gasteiger partial charge in [0.2, 0.25) is 0 Å². The van der Waals surface area contributed by atoms with E-state index >= 15 is 0 Å². The van der Waals surface area contributed by atoms with Crippen molar-refractivity contribution in [2.24, 2.45) is 0 Å². The third-order valence-electron chi connectivity index (χ3n) is 3.59. The average Bonchev–Trinajstić information content (AvgIpc) is 2.38. The summed E-state index contributed by atoms with van der Waals surface area (Å²) in [7, 11) is -4.19. The molecule has 0 bridgehead atoms. The molecule has 0 aliphatic carbocycles. The second-order valence-corrected chi connectivity index (χ2v) is 6.90. The van der Waals surface area contributed by atoms with Crippen LogP contribution in [0.4, 0.5) is 0 Å². The molecule has 1 aliphatic rings. The van der Waals surface area contributed by atoms with Crippen molar-refractivity contribution in [3.8, 4) is 0 Å². The molecule has 0 unspecified atom stereocenters. The highest BCUT2D eigenvalue weighted by atomic mass is 32.2. The second kappa shape index (κ2) is 7.88. The molecule has 0 amide bonds. The summed E-state index contributed by atoms with van der Waals surface area (Å²) in [6, 6.07) is 0. The quantitative estimate of drug-likeness (QED) is 0.268. The summed E-state index contributed by atoms with van der Waals surface area (Å²) in [5, 5.41) is 0. The number of esters is 1. The van der Waals surface area contributed by atoms with Crippen molar-refractivity contribution in [1.82, 2.24) is 0 Å². The molecule has 0 saturated carbocycles. The van der Waals surface area contributed by atoms with E-state index in [-0.39, 0.29) is 12.4 Å². The number of quaternary nitrogens is 1. The van der Waals surface area contributed by atoms with E-state index in [1.165, 1.54) is 0 Å². The molecule has 0 atom stereocenters. The zero-order chi connectivity index (χ0) is 15.9. The van der Waals surface area contributed by atoms with Crippen molar-refractivity contribution in [3.05, 3.63) is 12.2 Å². The van der Waals surface area contributed by atoms with Gasteiger partial charge in [-0.25, -0.2) is 13.2 Å². The molecule has 21 heavy (non-hydrogen) atoms. The fourth-order valence-corrected chi connectivity index (χ4v) is 2.80. The molecular formula is C13H23NO6S. The van der Waals surface area contributed by atoms with Gasteiger partial charge in [0.25, 0.3) is 0 Å². The third-order valence-corrected chi connectivity index (χ3v) is 4.38. The fraction of sp³-hybridized carbons (Fsp3) is 0.769. The number of hydrogen-bond donors (Lipinski definition) is 0. The Bertz CT molecular complexity index is 467. The SMILES string of the molecule is C=C(C)C(=O)OCC[N+]1(CCCS(=O)(=O)[O-])CCOCC1. The lowest BCUT2D eigenvalue weighted by molar-refractivity contribution is -0.935. The highest BCUT2D eigenvalue weighted by Gasteiger charge is 2.30. The summed E-state index contributed by atoms with van der Waals surface area (Å²) < 4.78 is 43.1. The number of carbonyl (C=O) groups excluding carboxylic acids is 1. The van der Waals surface area contributed by atoms with Gasteiger partial charge in [0.1, 0.15) is 26.2 Å². The van der Waals surface area contributed by atoms with Crippen LogP contribution >= 0.6 is 0 Å². The van der Waals surface area contributed by atoms with E-state index in [1.807, 2.05) is 0 Å². The zero-order valence-electron chi connectivity index (χ0n) is 12.4. The standard InChI is InChI=1S/C13H23NO6S/c1-12(2)13(15)20-10-7-14(5-8-19-9-6-14)4-3-11-21(16,17)18/h1,3-11H2,2H3. The van der Waals surface area contributed by atoms with Gasteiger partial charge in [0.15, 0.2) is 0 Å². The monoisotopic (exact) mass is 321 g/mol. The normalized spacial score (nSPS) is 18.2. The smallest absolute Gasteiger partial charge is 0.333 e. The minimum atomic E-state index is -4.19. The molecule has 1 fully saturated rings. The van der Waals surface area contributed by atoms with Crippen LogP contribution in [0.15, 0.2) is 12.2 Å². The molecule has 1 saturated heterocycles. The minimum Gasteiger partial charge on any atom is -0.748 e. The van der Waals surface area contributed by atoms with E-state index in [9.17, 15) is 17.8 Å². The van der Waals surface area contributed by atoms with Crippen molar-refractivity contribution in [1.29, 1.82) is 0 Å². The van der Waals surface area contributed by atoms with Gasteiger partial charge in [0, 0.05) is 17.7 Å². The van der Waals surface area contributed by atoms with Gasteiger partial charge in [-0.1, -0.05) is 6.58 Å². The van der Waals surface area contributed by atoms with E-state index in [0.717, 1.165) is 13.1 Å². The first-order valence-electron chi connectivity index (χ1n) is 6.93. The maximum Gasteiger partial charge on any atom is 0.333 e. The van der Waals surface area contributed by atoms with Crippen LogP contribution in [-0.4, -0.2) is 75.2 Å². The molecule has 0 radical (unpaired) electrons. The molecule has 8 heteroatoms. The Morgan fingerprint density at radius 1 is 1.33 bits per heavy atom. The van der Waals surface area contributed by atoms with E-state index in [4.69, 9.17) is 9.47 Å². The summed E-state index contributed by atoms with van der Waals surface area (Å²) >= 11 is 0. The van der Waals surface area contributed by atoms with Gasteiger partial charge in [-0.3, -0.25) is 0 Å². The molecule has 1 heterocycles. The van der Waals surface area contributed by atoms with Crippen LogP contribution in [-0.2, 0) is 24.4 Å². The van der Waals surface area contributed by atoms with Gasteiger partial charge < -0.3 is 18.5 Å². The van der Waals surface area contributed by atoms with E-state index in [2.05, 4.69) is 6.58 Å². The summed E-state index contributed by atoms with van der Waals surface area (Å²) in [6.07, 6.45) is 0.306. The van der Waals surface area contributed by atoms with Gasteiger partial charge in [-0.15, -0.1) is 0 Å². The van der Waals surface area contributed by atoms with Crippen LogP contribution in [0, 0.1) is 0 Å². The first-order valence-corrected chi connectivity index (χ1v) is 8.51. The molecule has 1 aliphatic heterocycles. The molecule has 7 nitrogen and oxygen atoms in total. The predicted octanol–water partition coefficient (Wildman–Crippen LogP) is -0.112. The summed E-state index contributed by atoms with van der Waals surface area (Å²) in [4.78, 5) is 11.4. The Morgan fingerprint density at radius 3 is 2.48 bits per heavy atom. The van der Waals surface area contributed by atoms with E-state index < -0.39 is 16.1 Å². The topological polar surface area (TPSA) is 92.7 Å². The van der Waals surface area contributed by atoms with Crippen molar-refractivity contribution < 1.29 is 31.7 Å². The van der Waals surface area contributed by atoms with Gasteiger partial charge in [-0.05, 0) is 6.92 Å². The predicted molar refractivity (Wildman–Crippen MR) is 75.5 cm³/mol. The van der Waals surface area contributed by atoms with Crippen LogP contribution < -0.4 is 0 Å². The number of hydrogen-bond acceptors (Lipinski definition) is 6. The Morgan fingerprint density at radius 2 is 1.95 bits per heavy atom. The molecule has 0 N–H and O–H groups in total. The Kier molecular flexibility index (Phi) is 6.79. The van der Waals surface area contributed by atoms with Crippen molar-refractivity contribution in [2.45, 2.75) is 13.3 Å². The first-order chi connectivity index (χ1) is 9.74. The maximum atomic E-state index is 11.4. The Labute approximate surface area is 125 Å². The highest BCUT2D eigenvalue weighted by molar-refractivity contribution is 7.85. The van der Waals surface area contributed by atoms with Crippen molar-refractivity contribution >= 4 is 16.1 Å². The van der Waals surface area contributed by atoms with Crippen LogP contribution in [0.5, 0.6) is 0 Å². The van der Waals surface area contributed by atoms with Gasteiger partial charge in [-0.2, -0.15) is 0 Å². The van der Waals surface area contributed by atoms with Gasteiger partial charge >= 0.3 is 5.97 Å². The molecule has 0 spiro atoms. The molecule has 0 aromatic carbocycles. The van der Waals surface area contributed by atoms with Crippen LogP contribution in [0.25, 0.3) is 0 Å². The highest BCUT2D eigenvalue weighted by Crippen LogP contribution is 2.13. The summed E-state index contributed by atoms with van der Waals surface area (Å²) in [6.45, 7) is 9.11. The van der Waals surface area contributed by atoms with E-state index in [1.54, 1.807) is 6.92 Å². The Hall–Kier alpha value is -0.960. The van der Waals surface area contributed by atoms with Crippen molar-refractivity contribution in [3.63, 3.8) is 0 Å². The molecule has 122 valence electrons. The molecule has 1 rings (SSSR count). The first kappa shape index (κ1) is 18.1. The lowest BCUT2D eigenvalue weighted by Gasteiger charge is -2.41. The van der Waals surface area contributed by atoms with E-state index in [0.29, 0.717) is 42.8 Å². The lowest BCUT2D eigenvalue weighted by Crippen LogP contribution is -2.57. The lowest BCUT2D eigenvalue weighted by atomic mass is 10.2. The number of carbonyl (C=O) groups is 1. The third kappa shape index (κ3) is 7.03.